The smallest absolute Gasteiger partial charge is 0.307 e. The summed E-state index contributed by atoms with van der Waals surface area (Å²) in [5, 5.41) is 20.9. The molecular weight excluding hydrogens is 410 g/mol. The largest absolute Gasteiger partial charge is 0.481 e. The molecule has 1 fully saturated rings. The van der Waals surface area contributed by atoms with Gasteiger partial charge in [-0.1, -0.05) is 88.3 Å². The van der Waals surface area contributed by atoms with Gasteiger partial charge in [0.15, 0.2) is 0 Å². The highest BCUT2D eigenvalue weighted by Crippen LogP contribution is 2.47. The molecule has 0 amide bonds. The van der Waals surface area contributed by atoms with Crippen molar-refractivity contribution >= 4 is 5.97 Å². The molecule has 2 aromatic rings. The summed E-state index contributed by atoms with van der Waals surface area (Å²) in [5.74, 6) is -0.528. The van der Waals surface area contributed by atoms with Crippen LogP contribution in [0.4, 0.5) is 0 Å². The summed E-state index contributed by atoms with van der Waals surface area (Å²) in [6.45, 7) is 5.46. The minimum Gasteiger partial charge on any atom is -0.481 e. The molecule has 1 aliphatic rings. The maximum Gasteiger partial charge on any atom is 0.307 e. The van der Waals surface area contributed by atoms with Crippen LogP contribution < -0.4 is 5.32 Å². The summed E-state index contributed by atoms with van der Waals surface area (Å²) in [5.41, 5.74) is 2.78. The second-order valence-corrected chi connectivity index (χ2v) is 8.94. The van der Waals surface area contributed by atoms with Crippen molar-refractivity contribution in [3.63, 3.8) is 0 Å². The normalized spacial score (nSPS) is 17.4. The van der Waals surface area contributed by atoms with E-state index in [1.165, 1.54) is 51.4 Å². The molecule has 1 aromatic carbocycles. The van der Waals surface area contributed by atoms with Gasteiger partial charge in [0.2, 0.25) is 0 Å². The summed E-state index contributed by atoms with van der Waals surface area (Å²) >= 11 is 0. The van der Waals surface area contributed by atoms with Crippen LogP contribution in [0.2, 0.25) is 0 Å². The van der Waals surface area contributed by atoms with E-state index in [-0.39, 0.29) is 11.8 Å². The average molecular weight is 450 g/mol. The second kappa shape index (κ2) is 15.2. The molecular formula is C28H39N3O2. The first-order valence-electron chi connectivity index (χ1n) is 12.4. The molecule has 0 saturated heterocycles. The Morgan fingerprint density at radius 1 is 1.09 bits per heavy atom. The average Bonchev–Trinajstić information content (AvgIpc) is 3.65. The lowest BCUT2D eigenvalue weighted by Crippen LogP contribution is -2.20. The van der Waals surface area contributed by atoms with Gasteiger partial charge in [-0.15, -0.1) is 0 Å². The SMILES string of the molecule is CCCCCCCCCCN[C@@H](C)c1ccc(C#N)nc1.O=C(O)[C@H]1C[C@@H]1c1ccccc1. The van der Waals surface area contributed by atoms with E-state index in [9.17, 15) is 4.79 Å². The molecule has 2 N–H and O–H groups in total. The molecule has 0 bridgehead atoms. The molecule has 1 aromatic heterocycles. The van der Waals surface area contributed by atoms with Crippen LogP contribution in [0.5, 0.6) is 0 Å². The number of pyridine rings is 1. The maximum atomic E-state index is 10.5. The van der Waals surface area contributed by atoms with E-state index in [4.69, 9.17) is 10.4 Å². The van der Waals surface area contributed by atoms with E-state index in [2.05, 4.69) is 24.1 Å². The van der Waals surface area contributed by atoms with Crippen LogP contribution >= 0.6 is 0 Å². The van der Waals surface area contributed by atoms with Gasteiger partial charge in [0.25, 0.3) is 0 Å². The number of hydrogen-bond acceptors (Lipinski definition) is 4. The Morgan fingerprint density at radius 3 is 2.30 bits per heavy atom. The topological polar surface area (TPSA) is 86.0 Å². The van der Waals surface area contributed by atoms with Crippen molar-refractivity contribution in [2.75, 3.05) is 6.54 Å². The predicted molar refractivity (Wildman–Crippen MR) is 133 cm³/mol. The van der Waals surface area contributed by atoms with Gasteiger partial charge < -0.3 is 10.4 Å². The minimum atomic E-state index is -0.663. The molecule has 5 heteroatoms. The van der Waals surface area contributed by atoms with E-state index in [0.29, 0.717) is 11.7 Å². The highest BCUT2D eigenvalue weighted by molar-refractivity contribution is 5.75. The van der Waals surface area contributed by atoms with Gasteiger partial charge in [-0.3, -0.25) is 4.79 Å². The Bertz CT molecular complexity index is 846. The Hall–Kier alpha value is -2.71. The second-order valence-electron chi connectivity index (χ2n) is 8.94. The fraction of sp³-hybridized carbons (Fsp3) is 0.536. The number of aliphatic carboxylic acids is 1. The van der Waals surface area contributed by atoms with E-state index < -0.39 is 5.97 Å². The first-order chi connectivity index (χ1) is 16.1. The number of nitrogens with zero attached hydrogens (tertiary/aromatic N) is 2. The molecule has 1 aliphatic carbocycles. The fourth-order valence-corrected chi connectivity index (χ4v) is 3.96. The summed E-state index contributed by atoms with van der Waals surface area (Å²) in [6.07, 6.45) is 13.4. The molecule has 33 heavy (non-hydrogen) atoms. The van der Waals surface area contributed by atoms with Gasteiger partial charge in [-0.05, 0) is 49.4 Å². The lowest BCUT2D eigenvalue weighted by atomic mass is 10.1. The number of rotatable bonds is 13. The van der Waals surface area contributed by atoms with Crippen molar-refractivity contribution in [1.82, 2.24) is 10.3 Å². The van der Waals surface area contributed by atoms with Crippen LogP contribution in [-0.4, -0.2) is 22.6 Å². The minimum absolute atomic E-state index is 0.132. The molecule has 0 unspecified atom stereocenters. The lowest BCUT2D eigenvalue weighted by molar-refractivity contribution is -0.138. The van der Waals surface area contributed by atoms with Crippen LogP contribution in [0.25, 0.3) is 0 Å². The molecule has 1 saturated carbocycles. The summed E-state index contributed by atoms with van der Waals surface area (Å²) in [7, 11) is 0. The number of carboxylic acid groups (broad SMARTS) is 1. The van der Waals surface area contributed by atoms with Crippen LogP contribution in [0, 0.1) is 17.2 Å². The van der Waals surface area contributed by atoms with E-state index >= 15 is 0 Å². The van der Waals surface area contributed by atoms with E-state index in [1.54, 1.807) is 12.3 Å². The Morgan fingerprint density at radius 2 is 1.76 bits per heavy atom. The number of carbonyl (C=O) groups is 1. The molecule has 3 atom stereocenters. The zero-order valence-electron chi connectivity index (χ0n) is 20.2. The van der Waals surface area contributed by atoms with Crippen molar-refractivity contribution < 1.29 is 9.90 Å². The first-order valence-corrected chi connectivity index (χ1v) is 12.4. The molecule has 1 heterocycles. The zero-order chi connectivity index (χ0) is 23.9. The lowest BCUT2D eigenvalue weighted by Gasteiger charge is -2.13. The molecule has 0 spiro atoms. The molecule has 5 nitrogen and oxygen atoms in total. The highest BCUT2D eigenvalue weighted by atomic mass is 16.4. The Balaban J connectivity index is 0.000000268. The van der Waals surface area contributed by atoms with Crippen molar-refractivity contribution in [2.24, 2.45) is 5.92 Å². The highest BCUT2D eigenvalue weighted by Gasteiger charge is 2.43. The predicted octanol–water partition coefficient (Wildman–Crippen LogP) is 6.62. The number of aromatic nitrogens is 1. The van der Waals surface area contributed by atoms with Crippen LogP contribution in [0.1, 0.15) is 100 Å². The fourth-order valence-electron chi connectivity index (χ4n) is 3.96. The van der Waals surface area contributed by atoms with Gasteiger partial charge in [-0.2, -0.15) is 5.26 Å². The third kappa shape index (κ3) is 10.2. The molecule has 3 rings (SSSR count). The first kappa shape index (κ1) is 26.5. The monoisotopic (exact) mass is 449 g/mol. The molecule has 0 radical (unpaired) electrons. The van der Waals surface area contributed by atoms with E-state index in [1.807, 2.05) is 42.5 Å². The van der Waals surface area contributed by atoms with Gasteiger partial charge >= 0.3 is 5.97 Å². The number of carboxylic acids is 1. The number of nitrogens with one attached hydrogen (secondary N) is 1. The zero-order valence-corrected chi connectivity index (χ0v) is 20.2. The van der Waals surface area contributed by atoms with E-state index in [0.717, 1.165) is 24.1 Å². The molecule has 178 valence electrons. The van der Waals surface area contributed by atoms with Gasteiger partial charge in [0.05, 0.1) is 5.92 Å². The van der Waals surface area contributed by atoms with Crippen molar-refractivity contribution in [3.8, 4) is 6.07 Å². The third-order valence-corrected chi connectivity index (χ3v) is 6.22. The Labute approximate surface area is 199 Å². The summed E-state index contributed by atoms with van der Waals surface area (Å²) in [4.78, 5) is 14.7. The van der Waals surface area contributed by atoms with Gasteiger partial charge in [0.1, 0.15) is 11.8 Å². The van der Waals surface area contributed by atoms with Gasteiger partial charge in [0, 0.05) is 12.2 Å². The Kier molecular flexibility index (Phi) is 12.2. The standard InChI is InChI=1S/C18H29N3.C10H10O2/c1-3-4-5-6-7-8-9-10-13-20-16(2)17-11-12-18(14-19)21-15-17;11-10(12)9-6-8(9)7-4-2-1-3-5-7/h11-12,15-16,20H,3-10,13H2,1-2H3;1-5,8-9H,6H2,(H,11,12)/t16-;8-,9+/m01/s1. The maximum absolute atomic E-state index is 10.5. The number of hydrogen-bond donors (Lipinski definition) is 2. The van der Waals surface area contributed by atoms with Crippen molar-refractivity contribution in [1.29, 1.82) is 5.26 Å². The summed E-state index contributed by atoms with van der Waals surface area (Å²) in [6, 6.07) is 15.9. The van der Waals surface area contributed by atoms with Crippen LogP contribution in [0.3, 0.4) is 0 Å². The van der Waals surface area contributed by atoms with Crippen LogP contribution in [-0.2, 0) is 4.79 Å². The molecule has 0 aliphatic heterocycles. The number of nitriles is 1. The number of benzene rings is 1. The quantitative estimate of drug-likeness (QED) is 0.336. The van der Waals surface area contributed by atoms with Crippen LogP contribution in [0.15, 0.2) is 48.7 Å². The van der Waals surface area contributed by atoms with Crippen molar-refractivity contribution in [3.05, 3.63) is 65.5 Å². The number of unbranched alkanes of at least 4 members (excludes halogenated alkanes) is 7. The van der Waals surface area contributed by atoms with Crippen molar-refractivity contribution in [2.45, 2.75) is 83.6 Å². The summed E-state index contributed by atoms with van der Waals surface area (Å²) < 4.78 is 0. The third-order valence-electron chi connectivity index (χ3n) is 6.22. The van der Waals surface area contributed by atoms with Gasteiger partial charge in [-0.25, -0.2) is 4.98 Å².